The van der Waals surface area contributed by atoms with Crippen LogP contribution in [0, 0.1) is 6.92 Å². The number of hydrogen-bond donors (Lipinski definition) is 4. The molecule has 100 valence electrons. The summed E-state index contributed by atoms with van der Waals surface area (Å²) in [6.45, 7) is 1.72. The predicted octanol–water partition coefficient (Wildman–Crippen LogP) is 2.36. The van der Waals surface area contributed by atoms with Gasteiger partial charge in [0.15, 0.2) is 5.69 Å². The van der Waals surface area contributed by atoms with Crippen LogP contribution in [-0.2, 0) is 0 Å². The second kappa shape index (κ2) is 5.38. The lowest BCUT2D eigenvalue weighted by Crippen LogP contribution is -2.30. The monoisotopic (exact) mass is 299 g/mol. The summed E-state index contributed by atoms with van der Waals surface area (Å²) in [5.74, 6) is -0.474. The van der Waals surface area contributed by atoms with Gasteiger partial charge in [0.25, 0.3) is 5.91 Å². The number of nitrogens with zero attached hydrogens (tertiary/aromatic N) is 1. The second-order valence-corrected chi connectivity index (χ2v) is 4.66. The van der Waals surface area contributed by atoms with Crippen LogP contribution in [0.15, 0.2) is 18.2 Å². The number of benzene rings is 1. The van der Waals surface area contributed by atoms with E-state index in [9.17, 15) is 4.79 Å². The van der Waals surface area contributed by atoms with Crippen LogP contribution in [0.2, 0.25) is 10.0 Å². The van der Waals surface area contributed by atoms with Crippen molar-refractivity contribution in [1.82, 2.24) is 15.6 Å². The lowest BCUT2D eigenvalue weighted by atomic mass is 10.3. The van der Waals surface area contributed by atoms with Gasteiger partial charge in [0.05, 0.1) is 22.1 Å². The molecule has 19 heavy (non-hydrogen) atoms. The van der Waals surface area contributed by atoms with Crippen molar-refractivity contribution < 1.29 is 4.79 Å². The van der Waals surface area contributed by atoms with Crippen LogP contribution in [0.25, 0.3) is 0 Å². The van der Waals surface area contributed by atoms with Crippen molar-refractivity contribution in [3.05, 3.63) is 39.6 Å². The zero-order valence-corrected chi connectivity index (χ0v) is 11.4. The molecule has 8 heteroatoms. The number of carbonyl (C=O) groups is 1. The predicted molar refractivity (Wildman–Crippen MR) is 75.3 cm³/mol. The van der Waals surface area contributed by atoms with Crippen molar-refractivity contribution in [2.45, 2.75) is 6.92 Å². The molecular formula is C11H11Cl2N5O. The van der Waals surface area contributed by atoms with Crippen LogP contribution < -0.4 is 16.6 Å². The maximum absolute atomic E-state index is 11.8. The van der Waals surface area contributed by atoms with Crippen LogP contribution in [-0.4, -0.2) is 16.1 Å². The van der Waals surface area contributed by atoms with E-state index in [2.05, 4.69) is 21.0 Å². The van der Waals surface area contributed by atoms with E-state index in [1.807, 2.05) is 0 Å². The Hall–Kier alpha value is -1.92. The molecule has 1 amide bonds. The second-order valence-electron chi connectivity index (χ2n) is 3.81. The number of halogens is 2. The summed E-state index contributed by atoms with van der Waals surface area (Å²) < 4.78 is 0. The lowest BCUT2D eigenvalue weighted by molar-refractivity contribution is 0.0958. The van der Waals surface area contributed by atoms with Gasteiger partial charge in [0, 0.05) is 5.02 Å². The fourth-order valence-electron chi connectivity index (χ4n) is 1.39. The van der Waals surface area contributed by atoms with Gasteiger partial charge >= 0.3 is 0 Å². The van der Waals surface area contributed by atoms with Crippen molar-refractivity contribution in [3.8, 4) is 0 Å². The molecule has 0 unspecified atom stereocenters. The molecule has 0 aliphatic rings. The van der Waals surface area contributed by atoms with Crippen molar-refractivity contribution in [3.63, 3.8) is 0 Å². The normalized spacial score (nSPS) is 10.3. The third kappa shape index (κ3) is 2.91. The summed E-state index contributed by atoms with van der Waals surface area (Å²) in [6, 6.07) is 4.85. The average molecular weight is 300 g/mol. The number of aromatic amines is 1. The minimum atomic E-state index is -0.474. The first kappa shape index (κ1) is 13.5. The quantitative estimate of drug-likeness (QED) is 0.654. The first-order valence-corrected chi connectivity index (χ1v) is 6.06. The zero-order valence-electron chi connectivity index (χ0n) is 9.92. The van der Waals surface area contributed by atoms with Crippen LogP contribution in [0.4, 0.5) is 11.4 Å². The van der Waals surface area contributed by atoms with Gasteiger partial charge in [0.1, 0.15) is 0 Å². The van der Waals surface area contributed by atoms with Crippen molar-refractivity contribution in [2.75, 3.05) is 11.2 Å². The zero-order chi connectivity index (χ0) is 14.0. The van der Waals surface area contributed by atoms with Crippen molar-refractivity contribution in [2.24, 2.45) is 0 Å². The summed E-state index contributed by atoms with van der Waals surface area (Å²) in [5, 5.41) is 7.36. The highest BCUT2D eigenvalue weighted by Crippen LogP contribution is 2.24. The maximum Gasteiger partial charge on any atom is 0.292 e. The number of carbonyl (C=O) groups excluding carboxylic acids is 1. The molecule has 0 saturated carbocycles. The van der Waals surface area contributed by atoms with Crippen molar-refractivity contribution >= 4 is 40.5 Å². The fraction of sp³-hybridized carbons (Fsp3) is 0.0909. The molecule has 0 saturated heterocycles. The Kier molecular flexibility index (Phi) is 3.82. The summed E-state index contributed by atoms with van der Waals surface area (Å²) in [7, 11) is 0. The minimum absolute atomic E-state index is 0.114. The average Bonchev–Trinajstić information content (AvgIpc) is 2.71. The number of rotatable bonds is 3. The molecule has 0 fully saturated rings. The molecule has 6 nitrogen and oxygen atoms in total. The number of hydrazine groups is 1. The summed E-state index contributed by atoms with van der Waals surface area (Å²) in [4.78, 5) is 11.8. The van der Waals surface area contributed by atoms with Crippen molar-refractivity contribution in [1.29, 1.82) is 0 Å². The number of H-pyrrole nitrogens is 1. The molecule has 0 aliphatic carbocycles. The van der Waals surface area contributed by atoms with Gasteiger partial charge < -0.3 is 5.73 Å². The van der Waals surface area contributed by atoms with E-state index in [-0.39, 0.29) is 5.69 Å². The molecule has 1 aromatic carbocycles. The SMILES string of the molecule is Cc1[nH]nc(C(=O)NNc2cc(Cl)ccc2Cl)c1N. The van der Waals surface area contributed by atoms with Crippen LogP contribution >= 0.6 is 23.2 Å². The smallest absolute Gasteiger partial charge is 0.292 e. The number of nitrogens with two attached hydrogens (primary N) is 1. The van der Waals surface area contributed by atoms with Gasteiger partial charge in [-0.15, -0.1) is 0 Å². The van der Waals surface area contributed by atoms with Crippen LogP contribution in [0.5, 0.6) is 0 Å². The third-order valence-electron chi connectivity index (χ3n) is 2.45. The molecule has 2 aromatic rings. The highest BCUT2D eigenvalue weighted by Gasteiger charge is 2.15. The van der Waals surface area contributed by atoms with Gasteiger partial charge in [-0.3, -0.25) is 20.7 Å². The summed E-state index contributed by atoms with van der Waals surface area (Å²) in [5.41, 5.74) is 12.3. The molecule has 0 radical (unpaired) electrons. The molecule has 1 heterocycles. The van der Waals surface area contributed by atoms with Crippen LogP contribution in [0.1, 0.15) is 16.2 Å². The molecule has 0 spiro atoms. The Bertz CT molecular complexity index is 626. The molecule has 1 aromatic heterocycles. The van der Waals surface area contributed by atoms with Gasteiger partial charge in [0.2, 0.25) is 0 Å². The van der Waals surface area contributed by atoms with E-state index >= 15 is 0 Å². The first-order valence-electron chi connectivity index (χ1n) is 5.31. The highest BCUT2D eigenvalue weighted by atomic mass is 35.5. The first-order chi connectivity index (χ1) is 8.99. The Morgan fingerprint density at radius 1 is 1.42 bits per heavy atom. The van der Waals surface area contributed by atoms with Crippen LogP contribution in [0.3, 0.4) is 0 Å². The Balaban J connectivity index is 2.08. The van der Waals surface area contributed by atoms with E-state index in [0.717, 1.165) is 0 Å². The van der Waals surface area contributed by atoms with E-state index in [4.69, 9.17) is 28.9 Å². The van der Waals surface area contributed by atoms with Gasteiger partial charge in [-0.1, -0.05) is 23.2 Å². The number of aryl methyl sites for hydroxylation is 1. The number of amides is 1. The van der Waals surface area contributed by atoms with E-state index in [1.165, 1.54) is 0 Å². The molecule has 0 aliphatic heterocycles. The summed E-state index contributed by atoms with van der Waals surface area (Å²) >= 11 is 11.8. The molecule has 0 atom stereocenters. The molecular weight excluding hydrogens is 289 g/mol. The van der Waals surface area contributed by atoms with E-state index in [0.29, 0.717) is 27.1 Å². The fourth-order valence-corrected chi connectivity index (χ4v) is 1.72. The number of nitrogens with one attached hydrogen (secondary N) is 3. The Morgan fingerprint density at radius 3 is 2.79 bits per heavy atom. The minimum Gasteiger partial charge on any atom is -0.395 e. The number of nitrogen functional groups attached to an aromatic ring is 1. The third-order valence-corrected chi connectivity index (χ3v) is 3.01. The number of anilines is 2. The largest absolute Gasteiger partial charge is 0.395 e. The number of hydrogen-bond acceptors (Lipinski definition) is 4. The maximum atomic E-state index is 11.8. The molecule has 2 rings (SSSR count). The Labute approximate surface area is 119 Å². The van der Waals surface area contributed by atoms with Gasteiger partial charge in [-0.05, 0) is 25.1 Å². The van der Waals surface area contributed by atoms with E-state index in [1.54, 1.807) is 25.1 Å². The number of aromatic nitrogens is 2. The summed E-state index contributed by atoms with van der Waals surface area (Å²) in [6.07, 6.45) is 0. The Morgan fingerprint density at radius 2 is 2.16 bits per heavy atom. The molecule has 0 bridgehead atoms. The molecule has 5 N–H and O–H groups in total. The van der Waals surface area contributed by atoms with Gasteiger partial charge in [-0.25, -0.2) is 0 Å². The topological polar surface area (TPSA) is 95.8 Å². The lowest BCUT2D eigenvalue weighted by Gasteiger charge is -2.09. The van der Waals surface area contributed by atoms with Gasteiger partial charge in [-0.2, -0.15) is 5.10 Å². The standard InChI is InChI=1S/C11H11Cl2N5O/c1-5-9(14)10(17-15-5)11(19)18-16-8-4-6(12)2-3-7(8)13/h2-4,16H,14H2,1H3,(H,15,17)(H,18,19). The highest BCUT2D eigenvalue weighted by molar-refractivity contribution is 6.35. The van der Waals surface area contributed by atoms with E-state index < -0.39 is 5.91 Å².